The van der Waals surface area contributed by atoms with E-state index in [1.165, 1.54) is 6.42 Å². The van der Waals surface area contributed by atoms with Crippen LogP contribution in [0.4, 0.5) is 4.79 Å². The maximum atomic E-state index is 11.7. The molecule has 1 N–H and O–H groups in total. The van der Waals surface area contributed by atoms with Crippen LogP contribution in [0.5, 0.6) is 0 Å². The quantitative estimate of drug-likeness (QED) is 0.763. The Labute approximate surface area is 104 Å². The molecule has 17 heavy (non-hydrogen) atoms. The van der Waals surface area contributed by atoms with Crippen LogP contribution in [0.15, 0.2) is 0 Å². The number of ether oxygens (including phenoxy) is 1. The molecule has 1 heterocycles. The summed E-state index contributed by atoms with van der Waals surface area (Å²) in [5.74, 6) is 2.75. The van der Waals surface area contributed by atoms with Crippen LogP contribution in [0.3, 0.4) is 0 Å². The summed E-state index contributed by atoms with van der Waals surface area (Å²) >= 11 is 0. The number of carbonyl (C=O) groups excluding carboxylic acids is 1. The van der Waals surface area contributed by atoms with E-state index in [0.717, 1.165) is 0 Å². The molecule has 0 spiro atoms. The molecule has 1 aliphatic carbocycles. The molecule has 0 aromatic rings. The van der Waals surface area contributed by atoms with Crippen molar-refractivity contribution in [3.63, 3.8) is 0 Å². The summed E-state index contributed by atoms with van der Waals surface area (Å²) in [6.07, 6.45) is 1.07. The average Bonchev–Trinajstić information content (AvgIpc) is 2.41. The molecule has 0 aromatic carbocycles. The summed E-state index contributed by atoms with van der Waals surface area (Å²) in [6.45, 7) is 11.1. The van der Waals surface area contributed by atoms with Gasteiger partial charge in [0.05, 0.1) is 0 Å². The predicted molar refractivity (Wildman–Crippen MR) is 67.6 cm³/mol. The van der Waals surface area contributed by atoms with Crippen LogP contribution in [0.25, 0.3) is 0 Å². The number of rotatable bonds is 1. The zero-order valence-corrected chi connectivity index (χ0v) is 11.6. The van der Waals surface area contributed by atoms with E-state index in [-0.39, 0.29) is 18.2 Å². The second-order valence-electron chi connectivity index (χ2n) is 6.39. The van der Waals surface area contributed by atoms with E-state index >= 15 is 0 Å². The highest BCUT2D eigenvalue weighted by Gasteiger charge is 2.49. The summed E-state index contributed by atoms with van der Waals surface area (Å²) in [4.78, 5) is 11.7. The lowest BCUT2D eigenvalue weighted by Crippen LogP contribution is -2.41. The highest BCUT2D eigenvalue weighted by atomic mass is 16.6. The van der Waals surface area contributed by atoms with E-state index < -0.39 is 0 Å². The van der Waals surface area contributed by atoms with Crippen molar-refractivity contribution in [3.05, 3.63) is 0 Å². The van der Waals surface area contributed by atoms with Gasteiger partial charge in [-0.3, -0.25) is 0 Å². The number of nitrogens with one attached hydrogen (secondary N) is 1. The Balaban J connectivity index is 2.32. The molecule has 3 nitrogen and oxygen atoms in total. The van der Waals surface area contributed by atoms with Crippen LogP contribution in [0.1, 0.15) is 41.0 Å². The monoisotopic (exact) mass is 239 g/mol. The zero-order valence-electron chi connectivity index (χ0n) is 11.6. The first-order chi connectivity index (χ1) is 7.91. The normalized spacial score (nSPS) is 46.1. The van der Waals surface area contributed by atoms with E-state index in [0.29, 0.717) is 29.6 Å². The minimum absolute atomic E-state index is 0.113. The van der Waals surface area contributed by atoms with Gasteiger partial charge in [-0.1, -0.05) is 27.7 Å². The molecule has 2 fully saturated rings. The largest absolute Gasteiger partial charge is 0.446 e. The molecule has 3 heteroatoms. The van der Waals surface area contributed by atoms with Crippen LogP contribution in [-0.2, 0) is 4.74 Å². The molecular formula is C14H25NO2. The van der Waals surface area contributed by atoms with Gasteiger partial charge in [0, 0.05) is 12.0 Å². The Morgan fingerprint density at radius 3 is 2.47 bits per heavy atom. The lowest BCUT2D eigenvalue weighted by molar-refractivity contribution is 0.0381. The van der Waals surface area contributed by atoms with Gasteiger partial charge < -0.3 is 10.1 Å². The lowest BCUT2D eigenvalue weighted by Gasteiger charge is -2.34. The highest BCUT2D eigenvalue weighted by Crippen LogP contribution is 2.46. The second kappa shape index (κ2) is 4.51. The third-order valence-electron chi connectivity index (χ3n) is 4.72. The van der Waals surface area contributed by atoms with Crippen LogP contribution < -0.4 is 5.32 Å². The summed E-state index contributed by atoms with van der Waals surface area (Å²) in [7, 11) is 0. The van der Waals surface area contributed by atoms with Crippen molar-refractivity contribution in [2.24, 2.45) is 29.6 Å². The molecule has 1 saturated heterocycles. The summed E-state index contributed by atoms with van der Waals surface area (Å²) in [6, 6.07) is 0.213. The minimum Gasteiger partial charge on any atom is -0.446 e. The van der Waals surface area contributed by atoms with Gasteiger partial charge in [0.1, 0.15) is 6.10 Å². The molecule has 1 aliphatic heterocycles. The molecule has 0 radical (unpaired) electrons. The highest BCUT2D eigenvalue weighted by molar-refractivity contribution is 5.68. The van der Waals surface area contributed by atoms with Crippen molar-refractivity contribution in [2.45, 2.75) is 53.2 Å². The SMILES string of the molecule is CC(C)C1C(C)NC(=O)OC2C(C)CC(C)C21. The molecule has 98 valence electrons. The third kappa shape index (κ3) is 2.16. The molecule has 2 rings (SSSR count). The zero-order chi connectivity index (χ0) is 12.7. The van der Waals surface area contributed by atoms with Gasteiger partial charge in [0.25, 0.3) is 0 Å². The molecule has 1 saturated carbocycles. The van der Waals surface area contributed by atoms with Crippen molar-refractivity contribution in [2.75, 3.05) is 0 Å². The van der Waals surface area contributed by atoms with Gasteiger partial charge >= 0.3 is 6.09 Å². The number of hydrogen-bond acceptors (Lipinski definition) is 2. The van der Waals surface area contributed by atoms with E-state index in [9.17, 15) is 4.79 Å². The van der Waals surface area contributed by atoms with Gasteiger partial charge in [0.15, 0.2) is 0 Å². The first-order valence-electron chi connectivity index (χ1n) is 6.89. The summed E-state index contributed by atoms with van der Waals surface area (Å²) in [5, 5.41) is 2.98. The summed E-state index contributed by atoms with van der Waals surface area (Å²) < 4.78 is 5.62. The van der Waals surface area contributed by atoms with Crippen LogP contribution in [-0.4, -0.2) is 18.2 Å². The van der Waals surface area contributed by atoms with E-state index in [1.807, 2.05) is 0 Å². The fraction of sp³-hybridized carbons (Fsp3) is 0.929. The van der Waals surface area contributed by atoms with Gasteiger partial charge in [-0.2, -0.15) is 0 Å². The Bertz CT molecular complexity index is 303. The topological polar surface area (TPSA) is 38.3 Å². The third-order valence-corrected chi connectivity index (χ3v) is 4.72. The summed E-state index contributed by atoms with van der Waals surface area (Å²) in [5.41, 5.74) is 0. The first kappa shape index (κ1) is 12.7. The lowest BCUT2D eigenvalue weighted by atomic mass is 9.73. The predicted octanol–water partition coefficient (Wildman–Crippen LogP) is 3.05. The van der Waals surface area contributed by atoms with Crippen molar-refractivity contribution >= 4 is 6.09 Å². The maximum absolute atomic E-state index is 11.7. The number of alkyl carbamates (subject to hydrolysis) is 1. The average molecular weight is 239 g/mol. The van der Waals surface area contributed by atoms with Crippen molar-refractivity contribution in [1.29, 1.82) is 0 Å². The van der Waals surface area contributed by atoms with Gasteiger partial charge in [0.2, 0.25) is 0 Å². The molecule has 6 atom stereocenters. The van der Waals surface area contributed by atoms with Crippen LogP contribution in [0.2, 0.25) is 0 Å². The van der Waals surface area contributed by atoms with E-state index in [4.69, 9.17) is 4.74 Å². The van der Waals surface area contributed by atoms with Gasteiger partial charge in [-0.15, -0.1) is 0 Å². The molecule has 6 unspecified atom stereocenters. The number of hydrogen-bond donors (Lipinski definition) is 1. The van der Waals surface area contributed by atoms with Crippen molar-refractivity contribution in [3.8, 4) is 0 Å². The van der Waals surface area contributed by atoms with E-state index in [1.54, 1.807) is 0 Å². The van der Waals surface area contributed by atoms with Crippen molar-refractivity contribution in [1.82, 2.24) is 5.32 Å². The van der Waals surface area contributed by atoms with E-state index in [2.05, 4.69) is 39.9 Å². The Hall–Kier alpha value is -0.730. The number of amides is 1. The number of carbonyl (C=O) groups is 1. The second-order valence-corrected chi connectivity index (χ2v) is 6.39. The van der Waals surface area contributed by atoms with Crippen LogP contribution in [0, 0.1) is 29.6 Å². The van der Waals surface area contributed by atoms with Gasteiger partial charge in [-0.25, -0.2) is 4.79 Å². The maximum Gasteiger partial charge on any atom is 0.407 e. The fourth-order valence-electron chi connectivity index (χ4n) is 4.17. The Kier molecular flexibility index (Phi) is 3.37. The molecular weight excluding hydrogens is 214 g/mol. The molecule has 2 aliphatic rings. The Morgan fingerprint density at radius 1 is 1.24 bits per heavy atom. The smallest absolute Gasteiger partial charge is 0.407 e. The van der Waals surface area contributed by atoms with Crippen LogP contribution >= 0.6 is 0 Å². The van der Waals surface area contributed by atoms with Crippen molar-refractivity contribution < 1.29 is 9.53 Å². The van der Waals surface area contributed by atoms with Gasteiger partial charge in [-0.05, 0) is 37.0 Å². The molecule has 1 amide bonds. The Morgan fingerprint density at radius 2 is 1.88 bits per heavy atom. The fourth-order valence-corrected chi connectivity index (χ4v) is 4.17. The molecule has 0 bridgehead atoms. The minimum atomic E-state index is -0.225. The first-order valence-corrected chi connectivity index (χ1v) is 6.89. The standard InChI is InChI=1S/C14H25NO2/c1-7(2)11-10(5)15-14(16)17-13-9(4)6-8(3)12(11)13/h7-13H,6H2,1-5H3,(H,15,16). The molecule has 0 aromatic heterocycles. The number of fused-ring (bicyclic) bond motifs is 1.